The van der Waals surface area contributed by atoms with Crippen molar-refractivity contribution < 1.29 is 4.79 Å². The van der Waals surface area contributed by atoms with Gasteiger partial charge in [0.05, 0.1) is 0 Å². The van der Waals surface area contributed by atoms with E-state index in [4.69, 9.17) is 0 Å². The maximum absolute atomic E-state index is 13.0. The number of hydrogen-bond acceptors (Lipinski definition) is 3. The van der Waals surface area contributed by atoms with Crippen LogP contribution in [-0.2, 0) is 12.8 Å². The van der Waals surface area contributed by atoms with Crippen LogP contribution in [0.3, 0.4) is 0 Å². The quantitative estimate of drug-likeness (QED) is 0.673. The van der Waals surface area contributed by atoms with Crippen molar-refractivity contribution in [3.05, 3.63) is 89.5 Å². The molecule has 1 unspecified atom stereocenters. The van der Waals surface area contributed by atoms with E-state index in [1.165, 1.54) is 22.4 Å². The van der Waals surface area contributed by atoms with Crippen LogP contribution in [0.1, 0.15) is 27.9 Å². The van der Waals surface area contributed by atoms with E-state index in [-0.39, 0.29) is 11.9 Å². The number of piperazine rings is 1. The number of anilines is 1. The number of aryl methyl sites for hydroxylation is 1. The first kappa shape index (κ1) is 20.8. The number of amides is 1. The van der Waals surface area contributed by atoms with Gasteiger partial charge in [0.2, 0.25) is 0 Å². The van der Waals surface area contributed by atoms with Gasteiger partial charge in [-0.3, -0.25) is 4.79 Å². The normalized spacial score (nSPS) is 18.8. The Morgan fingerprint density at radius 2 is 1.56 bits per heavy atom. The molecule has 5 rings (SSSR count). The molecule has 1 N–H and O–H groups in total. The number of nitrogens with zero attached hydrogens (tertiary/aromatic N) is 2. The maximum atomic E-state index is 13.0. The summed E-state index contributed by atoms with van der Waals surface area (Å²) >= 11 is 0. The summed E-state index contributed by atoms with van der Waals surface area (Å²) < 4.78 is 0. The molecule has 1 atom stereocenters. The van der Waals surface area contributed by atoms with Gasteiger partial charge >= 0.3 is 0 Å². The van der Waals surface area contributed by atoms with Gasteiger partial charge in [-0.25, -0.2) is 0 Å². The summed E-state index contributed by atoms with van der Waals surface area (Å²) in [6.07, 6.45) is 2.92. The Balaban J connectivity index is 1.27. The minimum absolute atomic E-state index is 0.0233. The van der Waals surface area contributed by atoms with Gasteiger partial charge in [0.25, 0.3) is 5.91 Å². The average molecular weight is 426 g/mol. The van der Waals surface area contributed by atoms with Crippen LogP contribution < -0.4 is 10.2 Å². The average Bonchev–Trinajstić information content (AvgIpc) is 2.85. The van der Waals surface area contributed by atoms with Crippen LogP contribution in [0, 0.1) is 0 Å². The molecular formula is C28H31N3O. The van der Waals surface area contributed by atoms with Gasteiger partial charge in [-0.1, -0.05) is 54.6 Å². The molecule has 2 aliphatic rings. The fourth-order valence-electron chi connectivity index (χ4n) is 4.95. The Hall–Kier alpha value is -3.11. The Morgan fingerprint density at radius 3 is 2.31 bits per heavy atom. The lowest BCUT2D eigenvalue weighted by Crippen LogP contribution is -2.45. The zero-order valence-corrected chi connectivity index (χ0v) is 18.8. The molecule has 1 fully saturated rings. The van der Waals surface area contributed by atoms with Crippen LogP contribution >= 0.6 is 0 Å². The molecule has 3 aromatic carbocycles. The largest absolute Gasteiger partial charge is 0.369 e. The van der Waals surface area contributed by atoms with Crippen LogP contribution in [0.4, 0.5) is 5.69 Å². The predicted octanol–water partition coefficient (Wildman–Crippen LogP) is 4.39. The van der Waals surface area contributed by atoms with Crippen LogP contribution in [0.25, 0.3) is 11.1 Å². The zero-order valence-electron chi connectivity index (χ0n) is 18.8. The monoisotopic (exact) mass is 425 g/mol. The van der Waals surface area contributed by atoms with Crippen molar-refractivity contribution in [1.29, 1.82) is 0 Å². The van der Waals surface area contributed by atoms with E-state index in [9.17, 15) is 4.79 Å². The molecule has 4 heteroatoms. The van der Waals surface area contributed by atoms with E-state index in [0.29, 0.717) is 0 Å². The fourth-order valence-corrected chi connectivity index (χ4v) is 4.95. The third-order valence-corrected chi connectivity index (χ3v) is 6.89. The van der Waals surface area contributed by atoms with Crippen molar-refractivity contribution in [3.8, 4) is 11.1 Å². The molecule has 1 aliphatic heterocycles. The van der Waals surface area contributed by atoms with Gasteiger partial charge in [-0.15, -0.1) is 0 Å². The van der Waals surface area contributed by atoms with Crippen LogP contribution in [0.5, 0.6) is 0 Å². The zero-order chi connectivity index (χ0) is 21.9. The molecule has 4 nitrogen and oxygen atoms in total. The summed E-state index contributed by atoms with van der Waals surface area (Å²) in [5.74, 6) is 0.0233. The second-order valence-corrected chi connectivity index (χ2v) is 9.06. The standard InChI is InChI=1S/C28H31N3O/c1-30-16-18-31(19-17-30)27-9-5-8-23-14-15-25(20-26(23)27)29-28(32)24-12-10-22(11-13-24)21-6-3-2-4-7-21/h2-13,25H,14-20H2,1H3,(H,29,32). The van der Waals surface area contributed by atoms with Crippen molar-refractivity contribution >= 4 is 11.6 Å². The Kier molecular flexibility index (Phi) is 5.95. The number of nitrogens with one attached hydrogen (secondary N) is 1. The summed E-state index contributed by atoms with van der Waals surface area (Å²) in [5.41, 5.74) is 7.25. The minimum Gasteiger partial charge on any atom is -0.369 e. The van der Waals surface area contributed by atoms with Gasteiger partial charge in [0, 0.05) is 43.5 Å². The van der Waals surface area contributed by atoms with Gasteiger partial charge < -0.3 is 15.1 Å². The number of benzene rings is 3. The molecule has 0 bridgehead atoms. The molecular weight excluding hydrogens is 394 g/mol. The summed E-state index contributed by atoms with van der Waals surface area (Å²) in [4.78, 5) is 17.9. The molecule has 32 heavy (non-hydrogen) atoms. The van der Waals surface area contributed by atoms with E-state index in [2.05, 4.69) is 52.5 Å². The lowest BCUT2D eigenvalue weighted by Gasteiger charge is -2.37. The number of carbonyl (C=O) groups is 1. The van der Waals surface area contributed by atoms with Crippen LogP contribution in [0.15, 0.2) is 72.8 Å². The summed E-state index contributed by atoms with van der Waals surface area (Å²) in [7, 11) is 2.19. The number of likely N-dealkylation sites (N-methyl/N-ethyl adjacent to an activating group) is 1. The molecule has 0 saturated carbocycles. The topological polar surface area (TPSA) is 35.6 Å². The van der Waals surface area contributed by atoms with Crippen LogP contribution in [0.2, 0.25) is 0 Å². The molecule has 0 aromatic heterocycles. The van der Waals surface area contributed by atoms with Gasteiger partial charge in [0.15, 0.2) is 0 Å². The van der Waals surface area contributed by atoms with E-state index in [1.54, 1.807) is 0 Å². The predicted molar refractivity (Wildman–Crippen MR) is 131 cm³/mol. The molecule has 1 heterocycles. The van der Waals surface area contributed by atoms with Crippen molar-refractivity contribution in [1.82, 2.24) is 10.2 Å². The third-order valence-electron chi connectivity index (χ3n) is 6.89. The maximum Gasteiger partial charge on any atom is 0.251 e. The first-order valence-electron chi connectivity index (χ1n) is 11.7. The van der Waals surface area contributed by atoms with Gasteiger partial charge in [0.1, 0.15) is 0 Å². The first-order valence-corrected chi connectivity index (χ1v) is 11.7. The SMILES string of the molecule is CN1CCN(c2cccc3c2CC(NC(=O)c2ccc(-c4ccccc4)cc2)CC3)CC1. The fraction of sp³-hybridized carbons (Fsp3) is 0.321. The first-order chi connectivity index (χ1) is 15.7. The molecule has 3 aromatic rings. The van der Waals surface area contributed by atoms with Crippen molar-refractivity contribution in [2.45, 2.75) is 25.3 Å². The summed E-state index contributed by atoms with van der Waals surface area (Å²) in [6.45, 7) is 4.33. The van der Waals surface area contributed by atoms with Crippen molar-refractivity contribution in [2.75, 3.05) is 38.1 Å². The smallest absolute Gasteiger partial charge is 0.251 e. The number of fused-ring (bicyclic) bond motifs is 1. The van der Waals surface area contributed by atoms with Crippen LogP contribution in [-0.4, -0.2) is 50.1 Å². The highest BCUT2D eigenvalue weighted by Crippen LogP contribution is 2.31. The highest BCUT2D eigenvalue weighted by molar-refractivity contribution is 5.95. The summed E-state index contributed by atoms with van der Waals surface area (Å²) in [5, 5.41) is 3.31. The Morgan fingerprint density at radius 1 is 0.844 bits per heavy atom. The molecule has 0 spiro atoms. The van der Waals surface area contributed by atoms with Crippen molar-refractivity contribution in [2.24, 2.45) is 0 Å². The lowest BCUT2D eigenvalue weighted by atomic mass is 9.86. The highest BCUT2D eigenvalue weighted by atomic mass is 16.1. The number of carbonyl (C=O) groups excluding carboxylic acids is 1. The van der Waals surface area contributed by atoms with E-state index in [1.807, 2.05) is 42.5 Å². The Labute approximate surface area is 190 Å². The minimum atomic E-state index is 0.0233. The van der Waals surface area contributed by atoms with Gasteiger partial charge in [-0.2, -0.15) is 0 Å². The highest BCUT2D eigenvalue weighted by Gasteiger charge is 2.25. The molecule has 164 valence electrons. The van der Waals surface area contributed by atoms with Crippen molar-refractivity contribution in [3.63, 3.8) is 0 Å². The van der Waals surface area contributed by atoms with E-state index in [0.717, 1.165) is 56.6 Å². The molecule has 1 aliphatic carbocycles. The summed E-state index contributed by atoms with van der Waals surface area (Å²) in [6, 6.07) is 25.1. The second-order valence-electron chi connectivity index (χ2n) is 9.06. The molecule has 1 saturated heterocycles. The second kappa shape index (κ2) is 9.17. The molecule has 0 radical (unpaired) electrons. The Bertz CT molecular complexity index is 1070. The lowest BCUT2D eigenvalue weighted by molar-refractivity contribution is 0.0933. The molecule has 1 amide bonds. The third kappa shape index (κ3) is 4.42. The number of rotatable bonds is 4. The number of hydrogen-bond donors (Lipinski definition) is 1. The van der Waals surface area contributed by atoms with E-state index < -0.39 is 0 Å². The van der Waals surface area contributed by atoms with E-state index >= 15 is 0 Å². The van der Waals surface area contributed by atoms with Gasteiger partial charge in [-0.05, 0) is 66.8 Å².